The first kappa shape index (κ1) is 14.8. The van der Waals surface area contributed by atoms with Gasteiger partial charge in [-0.25, -0.2) is 0 Å². The van der Waals surface area contributed by atoms with Crippen LogP contribution < -0.4 is 4.90 Å². The highest BCUT2D eigenvalue weighted by Gasteiger charge is 2.35. The number of fused-ring (bicyclic) bond motifs is 1. The molecule has 1 amide bonds. The Hall–Kier alpha value is -1.64. The Kier molecular flexibility index (Phi) is 4.94. The summed E-state index contributed by atoms with van der Waals surface area (Å²) in [6.45, 7) is 4.89. The number of hydrogen-bond donors (Lipinski definition) is 0. The molecule has 0 fully saturated rings. The van der Waals surface area contributed by atoms with Crippen molar-refractivity contribution in [3.05, 3.63) is 29.3 Å². The van der Waals surface area contributed by atoms with Gasteiger partial charge in [0.25, 0.3) is 11.7 Å². The first-order chi connectivity index (χ1) is 9.69. The number of hydrogen-bond acceptors (Lipinski definition) is 2. The average molecular weight is 273 g/mol. The van der Waals surface area contributed by atoms with Crippen molar-refractivity contribution >= 4 is 17.4 Å². The SMILES string of the molecule is CCCCCCCN1C(=O)C(=O)c2cc(CC)ccc21. The maximum atomic E-state index is 12.1. The van der Waals surface area contributed by atoms with Crippen molar-refractivity contribution in [2.45, 2.75) is 52.4 Å². The van der Waals surface area contributed by atoms with Crippen LogP contribution in [0, 0.1) is 0 Å². The molecule has 0 unspecified atom stereocenters. The molecule has 1 aliphatic rings. The molecule has 0 bridgehead atoms. The van der Waals surface area contributed by atoms with Crippen molar-refractivity contribution in [2.24, 2.45) is 0 Å². The quantitative estimate of drug-likeness (QED) is 0.560. The zero-order valence-electron chi connectivity index (χ0n) is 12.4. The normalized spacial score (nSPS) is 14.0. The number of anilines is 1. The van der Waals surface area contributed by atoms with Gasteiger partial charge in [0.2, 0.25) is 0 Å². The molecule has 3 nitrogen and oxygen atoms in total. The zero-order chi connectivity index (χ0) is 14.5. The Morgan fingerprint density at radius 1 is 1.00 bits per heavy atom. The summed E-state index contributed by atoms with van der Waals surface area (Å²) < 4.78 is 0. The van der Waals surface area contributed by atoms with Gasteiger partial charge in [0.1, 0.15) is 0 Å². The Bertz CT molecular complexity index is 508. The van der Waals surface area contributed by atoms with Gasteiger partial charge >= 0.3 is 0 Å². The highest BCUT2D eigenvalue weighted by molar-refractivity contribution is 6.52. The number of ketones is 1. The summed E-state index contributed by atoms with van der Waals surface area (Å²) in [5.41, 5.74) is 2.49. The van der Waals surface area contributed by atoms with Crippen molar-refractivity contribution in [3.8, 4) is 0 Å². The third kappa shape index (κ3) is 2.92. The molecule has 0 spiro atoms. The molecule has 3 heteroatoms. The number of aryl methyl sites for hydroxylation is 1. The van der Waals surface area contributed by atoms with Gasteiger partial charge in [-0.3, -0.25) is 9.59 Å². The lowest BCUT2D eigenvalue weighted by molar-refractivity contribution is -0.114. The van der Waals surface area contributed by atoms with Gasteiger partial charge in [0, 0.05) is 6.54 Å². The van der Waals surface area contributed by atoms with Gasteiger partial charge in [-0.05, 0) is 30.5 Å². The van der Waals surface area contributed by atoms with E-state index in [-0.39, 0.29) is 11.7 Å². The predicted molar refractivity (Wildman–Crippen MR) is 81.3 cm³/mol. The van der Waals surface area contributed by atoms with E-state index in [1.807, 2.05) is 18.2 Å². The maximum absolute atomic E-state index is 12.1. The molecule has 1 aromatic rings. The summed E-state index contributed by atoms with van der Waals surface area (Å²) in [7, 11) is 0. The minimum atomic E-state index is -0.358. The fourth-order valence-corrected chi connectivity index (χ4v) is 2.66. The molecule has 2 rings (SSSR count). The van der Waals surface area contributed by atoms with Crippen LogP contribution in [0.25, 0.3) is 0 Å². The second-order valence-electron chi connectivity index (χ2n) is 5.41. The van der Waals surface area contributed by atoms with E-state index in [9.17, 15) is 9.59 Å². The van der Waals surface area contributed by atoms with E-state index < -0.39 is 0 Å². The van der Waals surface area contributed by atoms with E-state index in [2.05, 4.69) is 13.8 Å². The predicted octanol–water partition coefficient (Wildman–Crippen LogP) is 3.75. The van der Waals surface area contributed by atoms with E-state index in [4.69, 9.17) is 0 Å². The molecular weight excluding hydrogens is 250 g/mol. The number of Topliss-reactive ketones (excluding diaryl/α,β-unsaturated/α-hetero) is 1. The second kappa shape index (κ2) is 6.69. The summed E-state index contributed by atoms with van der Waals surface area (Å²) in [5.74, 6) is -0.701. The Labute approximate surface area is 121 Å². The molecular formula is C17H23NO2. The minimum absolute atomic E-state index is 0.344. The molecule has 1 heterocycles. The van der Waals surface area contributed by atoms with Crippen LogP contribution in [0.3, 0.4) is 0 Å². The highest BCUT2D eigenvalue weighted by Crippen LogP contribution is 2.30. The molecule has 0 saturated heterocycles. The second-order valence-corrected chi connectivity index (χ2v) is 5.41. The van der Waals surface area contributed by atoms with E-state index >= 15 is 0 Å². The Morgan fingerprint density at radius 2 is 1.75 bits per heavy atom. The molecule has 0 aliphatic carbocycles. The van der Waals surface area contributed by atoms with Gasteiger partial charge in [0.15, 0.2) is 0 Å². The number of carbonyl (C=O) groups excluding carboxylic acids is 2. The van der Waals surface area contributed by atoms with Crippen LogP contribution in [0.15, 0.2) is 18.2 Å². The lowest BCUT2D eigenvalue weighted by atomic mass is 10.1. The highest BCUT2D eigenvalue weighted by atomic mass is 16.2. The summed E-state index contributed by atoms with van der Waals surface area (Å²) in [6.07, 6.45) is 6.62. The van der Waals surface area contributed by atoms with Crippen LogP contribution in [0.2, 0.25) is 0 Å². The van der Waals surface area contributed by atoms with Crippen molar-refractivity contribution in [1.29, 1.82) is 0 Å². The lowest BCUT2D eigenvalue weighted by Crippen LogP contribution is -2.30. The Balaban J connectivity index is 2.05. The zero-order valence-corrected chi connectivity index (χ0v) is 12.4. The van der Waals surface area contributed by atoms with Crippen molar-refractivity contribution < 1.29 is 9.59 Å². The number of benzene rings is 1. The maximum Gasteiger partial charge on any atom is 0.299 e. The summed E-state index contributed by atoms with van der Waals surface area (Å²) in [6, 6.07) is 5.80. The summed E-state index contributed by atoms with van der Waals surface area (Å²) in [5, 5.41) is 0. The Morgan fingerprint density at radius 3 is 2.45 bits per heavy atom. The van der Waals surface area contributed by atoms with Gasteiger partial charge in [-0.2, -0.15) is 0 Å². The minimum Gasteiger partial charge on any atom is -0.305 e. The topological polar surface area (TPSA) is 37.4 Å². The van der Waals surface area contributed by atoms with Gasteiger partial charge in [-0.1, -0.05) is 45.6 Å². The van der Waals surface area contributed by atoms with E-state index in [1.54, 1.807) is 4.90 Å². The van der Waals surface area contributed by atoms with Crippen LogP contribution >= 0.6 is 0 Å². The largest absolute Gasteiger partial charge is 0.305 e. The van der Waals surface area contributed by atoms with Gasteiger partial charge < -0.3 is 4.90 Å². The van der Waals surface area contributed by atoms with Crippen molar-refractivity contribution in [1.82, 2.24) is 0 Å². The van der Waals surface area contributed by atoms with Crippen molar-refractivity contribution in [2.75, 3.05) is 11.4 Å². The fraction of sp³-hybridized carbons (Fsp3) is 0.529. The van der Waals surface area contributed by atoms with Crippen LogP contribution in [-0.4, -0.2) is 18.2 Å². The number of nitrogens with zero attached hydrogens (tertiary/aromatic N) is 1. The van der Waals surface area contributed by atoms with Crippen LogP contribution in [0.4, 0.5) is 5.69 Å². The molecule has 0 aromatic heterocycles. The first-order valence-corrected chi connectivity index (χ1v) is 7.68. The van der Waals surface area contributed by atoms with E-state index in [1.165, 1.54) is 19.3 Å². The summed E-state index contributed by atoms with van der Waals surface area (Å²) in [4.78, 5) is 25.7. The van der Waals surface area contributed by atoms with E-state index in [0.29, 0.717) is 12.1 Å². The standard InChI is InChI=1S/C17H23NO2/c1-3-5-6-7-8-11-18-15-10-9-13(4-2)12-14(15)16(19)17(18)20/h9-10,12H,3-8,11H2,1-2H3. The number of unbranched alkanes of at least 4 members (excludes halogenated alkanes) is 4. The monoisotopic (exact) mass is 273 g/mol. The summed E-state index contributed by atoms with van der Waals surface area (Å²) >= 11 is 0. The first-order valence-electron chi connectivity index (χ1n) is 7.68. The lowest BCUT2D eigenvalue weighted by Gasteiger charge is -2.16. The molecule has 0 radical (unpaired) electrons. The third-order valence-corrected chi connectivity index (χ3v) is 3.93. The number of carbonyl (C=O) groups is 2. The molecule has 1 aromatic carbocycles. The fourth-order valence-electron chi connectivity index (χ4n) is 2.66. The molecule has 0 atom stereocenters. The van der Waals surface area contributed by atoms with Gasteiger partial charge in [0.05, 0.1) is 11.3 Å². The molecule has 20 heavy (non-hydrogen) atoms. The molecule has 0 N–H and O–H groups in total. The van der Waals surface area contributed by atoms with Crippen LogP contribution in [0.1, 0.15) is 61.9 Å². The smallest absolute Gasteiger partial charge is 0.299 e. The van der Waals surface area contributed by atoms with Gasteiger partial charge in [-0.15, -0.1) is 0 Å². The average Bonchev–Trinajstić information content (AvgIpc) is 2.71. The van der Waals surface area contributed by atoms with Crippen molar-refractivity contribution in [3.63, 3.8) is 0 Å². The van der Waals surface area contributed by atoms with Crippen LogP contribution in [-0.2, 0) is 11.2 Å². The molecule has 0 saturated carbocycles. The number of rotatable bonds is 7. The molecule has 108 valence electrons. The molecule has 1 aliphatic heterocycles. The van der Waals surface area contributed by atoms with E-state index in [0.717, 1.165) is 30.5 Å². The third-order valence-electron chi connectivity index (χ3n) is 3.93. The number of amides is 1. The van der Waals surface area contributed by atoms with Crippen LogP contribution in [0.5, 0.6) is 0 Å².